The Balaban J connectivity index is 1.40. The van der Waals surface area contributed by atoms with Crippen molar-refractivity contribution in [3.63, 3.8) is 0 Å². The summed E-state index contributed by atoms with van der Waals surface area (Å²) < 4.78 is 17.1. The molecule has 1 aliphatic rings. The molecule has 1 fully saturated rings. The van der Waals surface area contributed by atoms with Gasteiger partial charge in [0, 0.05) is 35.7 Å². The number of allylic oxidation sites excluding steroid dienone is 1. The minimum absolute atomic E-state index is 0.00422. The Morgan fingerprint density at radius 3 is 2.93 bits per heavy atom. The van der Waals surface area contributed by atoms with Gasteiger partial charge in [0.25, 0.3) is 0 Å². The van der Waals surface area contributed by atoms with Crippen molar-refractivity contribution in [1.82, 2.24) is 15.2 Å². The first kappa shape index (κ1) is 21.3. The van der Waals surface area contributed by atoms with Gasteiger partial charge in [-0.1, -0.05) is 0 Å². The fourth-order valence-corrected chi connectivity index (χ4v) is 4.20. The van der Waals surface area contributed by atoms with Gasteiger partial charge in [-0.05, 0) is 61.8 Å². The number of nitrogens with one attached hydrogen (secondary N) is 1. The van der Waals surface area contributed by atoms with Crippen molar-refractivity contribution in [2.45, 2.75) is 31.6 Å². The summed E-state index contributed by atoms with van der Waals surface area (Å²) in [5.74, 6) is 0.330. The first-order valence-corrected chi connectivity index (χ1v) is 11.3. The van der Waals surface area contributed by atoms with Crippen molar-refractivity contribution in [1.29, 1.82) is 0 Å². The van der Waals surface area contributed by atoms with Crippen LogP contribution in [0.4, 0.5) is 0 Å². The molecule has 0 aliphatic carbocycles. The maximum atomic E-state index is 11.9. The molecule has 0 radical (unpaired) electrons. The van der Waals surface area contributed by atoms with Crippen LogP contribution in [-0.4, -0.2) is 50.5 Å². The average Bonchev–Trinajstić information content (AvgIpc) is 3.39. The number of aliphatic hydroxyl groups is 1. The molecule has 1 atom stereocenters. The molecule has 1 amide bonds. The van der Waals surface area contributed by atoms with E-state index in [-0.39, 0.29) is 29.7 Å². The molecule has 0 saturated carbocycles. The van der Waals surface area contributed by atoms with Crippen LogP contribution in [0.15, 0.2) is 53.0 Å². The molecule has 0 bridgehead atoms. The van der Waals surface area contributed by atoms with E-state index in [0.29, 0.717) is 12.2 Å². The van der Waals surface area contributed by atoms with Gasteiger partial charge in [-0.15, -0.1) is 0 Å². The average molecular weight is 418 g/mol. The summed E-state index contributed by atoms with van der Waals surface area (Å²) in [5.41, 5.74) is 2.09. The zero-order chi connectivity index (χ0) is 20.5. The third-order valence-corrected chi connectivity index (χ3v) is 5.87. The summed E-state index contributed by atoms with van der Waals surface area (Å²) in [6, 6.07) is 7.51. The molecule has 2 N–H and O–H groups in total. The van der Waals surface area contributed by atoms with E-state index >= 15 is 0 Å². The van der Waals surface area contributed by atoms with E-state index in [1.54, 1.807) is 24.4 Å². The first-order chi connectivity index (χ1) is 14.1. The fourth-order valence-electron chi connectivity index (χ4n) is 3.22. The molecule has 3 heterocycles. The van der Waals surface area contributed by atoms with Crippen LogP contribution in [0.25, 0.3) is 0 Å². The minimum Gasteiger partial charge on any atom is -0.511 e. The summed E-state index contributed by atoms with van der Waals surface area (Å²) in [6.45, 7) is 3.22. The van der Waals surface area contributed by atoms with Crippen LogP contribution in [0, 0.1) is 0 Å². The first-order valence-electron chi connectivity index (χ1n) is 9.77. The highest BCUT2D eigenvalue weighted by Crippen LogP contribution is 2.13. The zero-order valence-electron chi connectivity index (χ0n) is 16.4. The lowest BCUT2D eigenvalue weighted by Crippen LogP contribution is -2.30. The quantitative estimate of drug-likeness (QED) is 0.576. The van der Waals surface area contributed by atoms with Gasteiger partial charge in [-0.25, -0.2) is 0 Å². The van der Waals surface area contributed by atoms with Gasteiger partial charge in [-0.3, -0.25) is 18.9 Å². The Labute approximate surface area is 173 Å². The number of rotatable bonds is 10. The maximum absolute atomic E-state index is 11.9. The molecular formula is C21H27N3O4S. The van der Waals surface area contributed by atoms with Gasteiger partial charge < -0.3 is 14.8 Å². The van der Waals surface area contributed by atoms with Crippen molar-refractivity contribution in [2.24, 2.45) is 0 Å². The van der Waals surface area contributed by atoms with Gasteiger partial charge in [0.05, 0.1) is 18.6 Å². The Bertz CT molecular complexity index is 845. The molecule has 7 nitrogen and oxygen atoms in total. The lowest BCUT2D eigenvalue weighted by atomic mass is 10.1. The number of likely N-dealkylation sites (tertiary alicyclic amines) is 1. The van der Waals surface area contributed by atoms with E-state index < -0.39 is 10.8 Å². The second-order valence-corrected chi connectivity index (χ2v) is 8.58. The van der Waals surface area contributed by atoms with Crippen LogP contribution < -0.4 is 5.32 Å². The minimum atomic E-state index is -1.35. The highest BCUT2D eigenvalue weighted by molar-refractivity contribution is 7.84. The second kappa shape index (κ2) is 10.9. The van der Waals surface area contributed by atoms with Crippen LogP contribution in [0.2, 0.25) is 0 Å². The van der Waals surface area contributed by atoms with Crippen LogP contribution in [0.5, 0.6) is 0 Å². The van der Waals surface area contributed by atoms with Gasteiger partial charge in [0.2, 0.25) is 5.91 Å². The van der Waals surface area contributed by atoms with E-state index in [1.807, 2.05) is 6.07 Å². The third-order valence-electron chi connectivity index (χ3n) is 4.67. The SMILES string of the molecule is O=C(CS(=O)Cc1ccco1)NCC(O)=CCc1cc(CN2CCCC2)ccn1. The second-order valence-electron chi connectivity index (χ2n) is 7.12. The molecule has 8 heteroatoms. The van der Waals surface area contributed by atoms with E-state index in [9.17, 15) is 14.1 Å². The Morgan fingerprint density at radius 2 is 2.17 bits per heavy atom. The summed E-state index contributed by atoms with van der Waals surface area (Å²) in [5, 5.41) is 12.6. The predicted molar refractivity (Wildman–Crippen MR) is 112 cm³/mol. The summed E-state index contributed by atoms with van der Waals surface area (Å²) >= 11 is 0. The van der Waals surface area contributed by atoms with Crippen LogP contribution >= 0.6 is 0 Å². The summed E-state index contributed by atoms with van der Waals surface area (Å²) in [4.78, 5) is 18.7. The molecule has 29 heavy (non-hydrogen) atoms. The van der Waals surface area contributed by atoms with Crippen molar-refractivity contribution in [3.8, 4) is 0 Å². The van der Waals surface area contributed by atoms with Crippen molar-refractivity contribution < 1.29 is 18.5 Å². The summed E-state index contributed by atoms with van der Waals surface area (Å²) in [7, 11) is -1.35. The van der Waals surface area contributed by atoms with E-state index in [2.05, 4.69) is 21.3 Å². The molecule has 1 unspecified atom stereocenters. The zero-order valence-corrected chi connectivity index (χ0v) is 17.2. The lowest BCUT2D eigenvalue weighted by molar-refractivity contribution is -0.118. The van der Waals surface area contributed by atoms with Crippen LogP contribution in [-0.2, 0) is 34.3 Å². The van der Waals surface area contributed by atoms with Crippen molar-refractivity contribution >= 4 is 16.7 Å². The molecule has 156 valence electrons. The molecule has 3 rings (SSSR count). The van der Waals surface area contributed by atoms with Crippen molar-refractivity contribution in [2.75, 3.05) is 25.4 Å². The number of carbonyl (C=O) groups excluding carboxylic acids is 1. The number of hydrogen-bond acceptors (Lipinski definition) is 6. The van der Waals surface area contributed by atoms with Gasteiger partial charge in [0.1, 0.15) is 17.3 Å². The predicted octanol–water partition coefficient (Wildman–Crippen LogP) is 2.32. The largest absolute Gasteiger partial charge is 0.511 e. The highest BCUT2D eigenvalue weighted by Gasteiger charge is 2.12. The normalized spacial score (nSPS) is 16.1. The smallest absolute Gasteiger partial charge is 0.233 e. The number of aliphatic hydroxyl groups excluding tert-OH is 1. The van der Waals surface area contributed by atoms with Gasteiger partial charge in [-0.2, -0.15) is 0 Å². The van der Waals surface area contributed by atoms with Gasteiger partial charge in [0.15, 0.2) is 0 Å². The number of nitrogens with zero attached hydrogens (tertiary/aromatic N) is 2. The van der Waals surface area contributed by atoms with E-state index in [1.165, 1.54) is 24.7 Å². The standard InChI is InChI=1S/C21H27N3O4S/c25-19(13-23-21(26)16-29(27)15-20-4-3-11-28-20)6-5-18-12-17(7-8-22-18)14-24-9-1-2-10-24/h3-4,6-8,11-12,25H,1-2,5,9-10,13-16H2,(H,23,26). The molecule has 2 aromatic rings. The third kappa shape index (κ3) is 7.47. The number of hydrogen-bond donors (Lipinski definition) is 2. The van der Waals surface area contributed by atoms with E-state index in [0.717, 1.165) is 25.3 Å². The molecular weight excluding hydrogens is 390 g/mol. The fraction of sp³-hybridized carbons (Fsp3) is 0.429. The Hall–Kier alpha value is -2.45. The number of furan rings is 1. The topological polar surface area (TPSA) is 95.7 Å². The number of amides is 1. The molecule has 1 aliphatic heterocycles. The van der Waals surface area contributed by atoms with Crippen LogP contribution in [0.1, 0.15) is 29.9 Å². The number of pyridine rings is 1. The number of carbonyl (C=O) groups is 1. The molecule has 0 aromatic carbocycles. The monoisotopic (exact) mass is 417 g/mol. The van der Waals surface area contributed by atoms with Crippen LogP contribution in [0.3, 0.4) is 0 Å². The molecule has 2 aromatic heterocycles. The van der Waals surface area contributed by atoms with Crippen molar-refractivity contribution in [3.05, 3.63) is 65.6 Å². The molecule has 0 spiro atoms. The van der Waals surface area contributed by atoms with Gasteiger partial charge >= 0.3 is 0 Å². The number of aromatic nitrogens is 1. The highest BCUT2D eigenvalue weighted by atomic mass is 32.2. The van der Waals surface area contributed by atoms with E-state index in [4.69, 9.17) is 4.42 Å². The Morgan fingerprint density at radius 1 is 1.34 bits per heavy atom. The summed E-state index contributed by atoms with van der Waals surface area (Å²) in [6.07, 6.45) is 7.95. The lowest BCUT2D eigenvalue weighted by Gasteiger charge is -2.14. The Kier molecular flexibility index (Phi) is 8.01. The maximum Gasteiger partial charge on any atom is 0.233 e. The molecule has 1 saturated heterocycles.